The van der Waals surface area contributed by atoms with Gasteiger partial charge in [-0.3, -0.25) is 0 Å². The Morgan fingerprint density at radius 3 is 2.30 bits per heavy atom. The Labute approximate surface area is 166 Å². The number of aromatic nitrogens is 1. The lowest BCUT2D eigenvalue weighted by Gasteiger charge is -2.15. The van der Waals surface area contributed by atoms with Crippen molar-refractivity contribution >= 4 is 17.4 Å². The zero-order valence-corrected chi connectivity index (χ0v) is 14.8. The highest BCUT2D eigenvalue weighted by Gasteiger charge is 2.32. The number of hydrogen-bond acceptors (Lipinski definition) is 4. The molecular weight excluding hydrogens is 413 g/mol. The molecule has 0 fully saturated rings. The number of nitrogens with zero attached hydrogens (tertiary/aromatic N) is 1. The Morgan fingerprint density at radius 2 is 1.60 bits per heavy atom. The van der Waals surface area contributed by atoms with Crippen LogP contribution in [0, 0.1) is 11.6 Å². The van der Waals surface area contributed by atoms with Crippen LogP contribution in [0.15, 0.2) is 60.8 Å². The Kier molecular flexibility index (Phi) is 6.00. The van der Waals surface area contributed by atoms with Crippen molar-refractivity contribution in [1.82, 2.24) is 4.98 Å². The Morgan fingerprint density at radius 1 is 0.900 bits per heavy atom. The first-order valence-electron chi connectivity index (χ1n) is 8.22. The number of amides is 2. The van der Waals surface area contributed by atoms with Gasteiger partial charge in [0.1, 0.15) is 17.3 Å². The largest absolute Gasteiger partial charge is 0.573 e. The highest BCUT2D eigenvalue weighted by molar-refractivity contribution is 6.00. The van der Waals surface area contributed by atoms with Crippen LogP contribution in [0.2, 0.25) is 0 Å². The third-order valence-corrected chi connectivity index (χ3v) is 3.48. The monoisotopic (exact) mass is 425 g/mol. The lowest BCUT2D eigenvalue weighted by atomic mass is 10.3. The average Bonchev–Trinajstić information content (AvgIpc) is 2.66. The summed E-state index contributed by atoms with van der Waals surface area (Å²) < 4.78 is 73.6. The number of halogens is 5. The summed E-state index contributed by atoms with van der Waals surface area (Å²) in [5, 5.41) is 4.50. The Balaban J connectivity index is 1.78. The fourth-order valence-corrected chi connectivity index (χ4v) is 2.28. The van der Waals surface area contributed by atoms with Crippen molar-refractivity contribution < 1.29 is 36.2 Å². The second-order valence-electron chi connectivity index (χ2n) is 5.66. The van der Waals surface area contributed by atoms with Gasteiger partial charge in [-0.05, 0) is 36.4 Å². The molecule has 2 amide bonds. The minimum atomic E-state index is -4.94. The molecule has 11 heteroatoms. The van der Waals surface area contributed by atoms with E-state index in [1.54, 1.807) is 0 Å². The maximum absolute atomic E-state index is 13.7. The minimum Gasteiger partial charge on any atom is -0.433 e. The van der Waals surface area contributed by atoms with Crippen LogP contribution < -0.4 is 20.1 Å². The van der Waals surface area contributed by atoms with Crippen LogP contribution in [0.5, 0.6) is 17.4 Å². The summed E-state index contributed by atoms with van der Waals surface area (Å²) in [4.78, 5) is 16.0. The molecule has 3 aromatic rings. The van der Waals surface area contributed by atoms with E-state index in [0.29, 0.717) is 6.07 Å². The van der Waals surface area contributed by atoms with Crippen molar-refractivity contribution in [3.8, 4) is 17.4 Å². The van der Waals surface area contributed by atoms with Gasteiger partial charge < -0.3 is 20.1 Å². The molecule has 0 aliphatic carbocycles. The molecule has 0 bridgehead atoms. The molecule has 6 nitrogen and oxygen atoms in total. The summed E-state index contributed by atoms with van der Waals surface area (Å²) >= 11 is 0. The van der Waals surface area contributed by atoms with Gasteiger partial charge in [0.25, 0.3) is 0 Å². The van der Waals surface area contributed by atoms with Crippen molar-refractivity contribution in [3.63, 3.8) is 0 Å². The Bertz CT molecular complexity index is 1060. The van der Waals surface area contributed by atoms with Crippen molar-refractivity contribution in [2.45, 2.75) is 6.36 Å². The summed E-state index contributed by atoms with van der Waals surface area (Å²) in [6.07, 6.45) is -3.66. The van der Waals surface area contributed by atoms with Gasteiger partial charge in [0.2, 0.25) is 5.88 Å². The fourth-order valence-electron chi connectivity index (χ4n) is 2.28. The zero-order chi connectivity index (χ0) is 21.7. The van der Waals surface area contributed by atoms with Gasteiger partial charge in [-0.2, -0.15) is 0 Å². The predicted molar refractivity (Wildman–Crippen MR) is 96.4 cm³/mol. The van der Waals surface area contributed by atoms with Crippen LogP contribution in [0.25, 0.3) is 0 Å². The van der Waals surface area contributed by atoms with E-state index in [2.05, 4.69) is 20.4 Å². The molecule has 1 aromatic heterocycles. The quantitative estimate of drug-likeness (QED) is 0.515. The van der Waals surface area contributed by atoms with Crippen LogP contribution in [0.3, 0.4) is 0 Å². The first-order valence-corrected chi connectivity index (χ1v) is 8.22. The summed E-state index contributed by atoms with van der Waals surface area (Å²) in [7, 11) is 0. The van der Waals surface area contributed by atoms with Crippen molar-refractivity contribution in [3.05, 3.63) is 72.4 Å². The molecule has 0 atom stereocenters. The topological polar surface area (TPSA) is 72.5 Å². The van der Waals surface area contributed by atoms with Gasteiger partial charge in [-0.15, -0.1) is 13.2 Å². The lowest BCUT2D eigenvalue weighted by Crippen LogP contribution is -2.20. The van der Waals surface area contributed by atoms with E-state index in [1.165, 1.54) is 36.5 Å². The third kappa shape index (κ3) is 5.56. The van der Waals surface area contributed by atoms with Crippen molar-refractivity contribution in [2.24, 2.45) is 0 Å². The van der Waals surface area contributed by atoms with E-state index >= 15 is 0 Å². The van der Waals surface area contributed by atoms with Gasteiger partial charge in [0.15, 0.2) is 11.5 Å². The van der Waals surface area contributed by atoms with Gasteiger partial charge in [-0.1, -0.05) is 12.1 Å². The van der Waals surface area contributed by atoms with Crippen molar-refractivity contribution in [1.29, 1.82) is 0 Å². The van der Waals surface area contributed by atoms with E-state index in [4.69, 9.17) is 4.74 Å². The van der Waals surface area contributed by atoms with Gasteiger partial charge in [0, 0.05) is 12.3 Å². The fraction of sp³-hybridized carbons (Fsp3) is 0.0526. The van der Waals surface area contributed by atoms with E-state index in [9.17, 15) is 26.7 Å². The van der Waals surface area contributed by atoms with Crippen molar-refractivity contribution in [2.75, 3.05) is 10.6 Å². The number of carbonyl (C=O) groups excluding carboxylic acids is 1. The number of alkyl halides is 3. The minimum absolute atomic E-state index is 0.0284. The number of ether oxygens (including phenoxy) is 2. The SMILES string of the molecule is O=C(Nc1ccc(F)cc1F)Nc1cccnc1Oc1ccccc1OC(F)(F)F. The standard InChI is InChI=1S/C19H12F5N3O3/c20-11-7-8-13(12(21)10-11)26-18(28)27-14-4-3-9-25-17(14)29-15-5-1-2-6-16(15)30-19(22,23)24/h1-10H,(H2,26,27,28). The summed E-state index contributed by atoms with van der Waals surface area (Å²) in [6, 6.07) is 9.43. The number of benzene rings is 2. The molecule has 1 heterocycles. The number of pyridine rings is 1. The van der Waals surface area contributed by atoms with E-state index < -0.39 is 29.8 Å². The second-order valence-corrected chi connectivity index (χ2v) is 5.66. The second kappa shape index (κ2) is 8.64. The van der Waals surface area contributed by atoms with E-state index in [0.717, 1.165) is 18.2 Å². The van der Waals surface area contributed by atoms with E-state index in [1.807, 2.05) is 0 Å². The molecule has 0 saturated heterocycles. The number of rotatable bonds is 5. The molecule has 0 unspecified atom stereocenters. The molecule has 2 N–H and O–H groups in total. The highest BCUT2D eigenvalue weighted by Crippen LogP contribution is 2.36. The number of urea groups is 1. The summed E-state index contributed by atoms with van der Waals surface area (Å²) in [5.74, 6) is -2.97. The normalized spacial score (nSPS) is 11.0. The molecule has 2 aromatic carbocycles. The van der Waals surface area contributed by atoms with Crippen LogP contribution in [0.4, 0.5) is 38.1 Å². The lowest BCUT2D eigenvalue weighted by molar-refractivity contribution is -0.275. The number of para-hydroxylation sites is 2. The van der Waals surface area contributed by atoms with E-state index in [-0.39, 0.29) is 23.0 Å². The van der Waals surface area contributed by atoms with Gasteiger partial charge >= 0.3 is 12.4 Å². The first-order chi connectivity index (χ1) is 14.2. The van der Waals surface area contributed by atoms with Crippen LogP contribution in [-0.2, 0) is 0 Å². The molecule has 0 spiro atoms. The summed E-state index contributed by atoms with van der Waals surface area (Å²) in [6.45, 7) is 0. The highest BCUT2D eigenvalue weighted by atomic mass is 19.4. The molecule has 0 radical (unpaired) electrons. The first kappa shape index (κ1) is 20.8. The molecular formula is C19H12F5N3O3. The molecule has 30 heavy (non-hydrogen) atoms. The van der Waals surface area contributed by atoms with Gasteiger partial charge in [-0.25, -0.2) is 18.6 Å². The smallest absolute Gasteiger partial charge is 0.433 e. The molecule has 0 saturated carbocycles. The predicted octanol–water partition coefficient (Wildman–Crippen LogP) is 5.69. The van der Waals surface area contributed by atoms with Gasteiger partial charge in [0.05, 0.1) is 5.69 Å². The number of hydrogen-bond donors (Lipinski definition) is 2. The third-order valence-electron chi connectivity index (χ3n) is 3.48. The van der Waals surface area contributed by atoms with Crippen LogP contribution >= 0.6 is 0 Å². The number of anilines is 2. The van der Waals surface area contributed by atoms with Crippen LogP contribution in [-0.4, -0.2) is 17.4 Å². The molecule has 0 aliphatic rings. The zero-order valence-electron chi connectivity index (χ0n) is 14.8. The van der Waals surface area contributed by atoms with Crippen LogP contribution in [0.1, 0.15) is 0 Å². The molecule has 3 rings (SSSR count). The molecule has 156 valence electrons. The average molecular weight is 425 g/mol. The Hall–Kier alpha value is -3.89. The number of carbonyl (C=O) groups is 1. The summed E-state index contributed by atoms with van der Waals surface area (Å²) in [5.41, 5.74) is -0.316. The molecule has 0 aliphatic heterocycles. The maximum Gasteiger partial charge on any atom is 0.573 e. The number of nitrogens with one attached hydrogen (secondary N) is 2. The maximum atomic E-state index is 13.7.